The van der Waals surface area contributed by atoms with Crippen LogP contribution in [0.3, 0.4) is 0 Å². The van der Waals surface area contributed by atoms with E-state index in [0.29, 0.717) is 12.0 Å². The van der Waals surface area contributed by atoms with E-state index in [4.69, 9.17) is 0 Å². The summed E-state index contributed by atoms with van der Waals surface area (Å²) in [7, 11) is 0. The molecule has 2 rings (SSSR count). The topological polar surface area (TPSA) is 12.0 Å². The monoisotopic (exact) mass is 263 g/mol. The summed E-state index contributed by atoms with van der Waals surface area (Å²) in [6.07, 6.45) is 3.86. The summed E-state index contributed by atoms with van der Waals surface area (Å²) in [4.78, 5) is 0. The Morgan fingerprint density at radius 2 is 2.00 bits per heavy atom. The van der Waals surface area contributed by atoms with E-state index in [1.807, 2.05) is 19.1 Å². The van der Waals surface area contributed by atoms with Gasteiger partial charge in [-0.1, -0.05) is 27.2 Å². The Hall–Kier alpha value is -1.05. The summed E-state index contributed by atoms with van der Waals surface area (Å²) < 4.78 is 13.3. The molecule has 1 aromatic rings. The first-order chi connectivity index (χ1) is 8.97. The molecular weight excluding hydrogens is 237 g/mol. The van der Waals surface area contributed by atoms with Crippen molar-refractivity contribution in [3.05, 3.63) is 29.6 Å². The van der Waals surface area contributed by atoms with E-state index in [1.54, 1.807) is 6.07 Å². The third kappa shape index (κ3) is 3.49. The maximum absolute atomic E-state index is 13.3. The fraction of sp³-hybridized carbons (Fsp3) is 0.647. The third-order valence-corrected chi connectivity index (χ3v) is 4.53. The van der Waals surface area contributed by atoms with E-state index in [2.05, 4.69) is 26.1 Å². The van der Waals surface area contributed by atoms with E-state index in [9.17, 15) is 4.39 Å². The van der Waals surface area contributed by atoms with Crippen LogP contribution in [0.1, 0.15) is 45.6 Å². The highest BCUT2D eigenvalue weighted by Crippen LogP contribution is 2.35. The lowest BCUT2D eigenvalue weighted by Gasteiger charge is -2.38. The quantitative estimate of drug-likeness (QED) is 0.808. The number of aryl methyl sites for hydroxylation is 1. The molecule has 1 aromatic carbocycles. The number of nitrogens with one attached hydrogen (secondary N) is 1. The molecule has 3 atom stereocenters. The lowest BCUT2D eigenvalue weighted by atomic mass is 9.74. The highest BCUT2D eigenvalue weighted by Gasteiger charge is 2.30. The molecule has 1 aliphatic carbocycles. The fourth-order valence-corrected chi connectivity index (χ4v) is 3.32. The molecule has 1 N–H and O–H groups in total. The van der Waals surface area contributed by atoms with Crippen LogP contribution >= 0.6 is 0 Å². The van der Waals surface area contributed by atoms with Crippen LogP contribution in [0, 0.1) is 30.5 Å². The van der Waals surface area contributed by atoms with Gasteiger partial charge in [-0.05, 0) is 61.3 Å². The summed E-state index contributed by atoms with van der Waals surface area (Å²) in [5, 5.41) is 3.64. The number of hydrogen-bond donors (Lipinski definition) is 1. The number of halogens is 1. The Labute approximate surface area is 116 Å². The molecule has 19 heavy (non-hydrogen) atoms. The molecule has 0 spiro atoms. The number of rotatable bonds is 3. The van der Waals surface area contributed by atoms with Gasteiger partial charge in [0.25, 0.3) is 0 Å². The second-order valence-corrected chi connectivity index (χ2v) is 6.54. The zero-order valence-corrected chi connectivity index (χ0v) is 12.5. The summed E-state index contributed by atoms with van der Waals surface area (Å²) in [6, 6.07) is 5.87. The molecular formula is C17H26FN. The van der Waals surface area contributed by atoms with Crippen LogP contribution in [-0.4, -0.2) is 6.04 Å². The Kier molecular flexibility index (Phi) is 4.49. The summed E-state index contributed by atoms with van der Waals surface area (Å²) in [5.74, 6) is 2.09. The minimum atomic E-state index is -0.122. The molecule has 1 aliphatic rings. The predicted octanol–water partition coefficient (Wildman–Crippen LogP) is 5.01. The van der Waals surface area contributed by atoms with Gasteiger partial charge < -0.3 is 5.32 Å². The third-order valence-electron chi connectivity index (χ3n) is 4.53. The first-order valence-electron chi connectivity index (χ1n) is 7.50. The van der Waals surface area contributed by atoms with Crippen molar-refractivity contribution in [2.75, 3.05) is 5.32 Å². The second kappa shape index (κ2) is 5.94. The van der Waals surface area contributed by atoms with Crippen molar-refractivity contribution in [2.24, 2.45) is 17.8 Å². The lowest BCUT2D eigenvalue weighted by molar-refractivity contribution is 0.212. The molecule has 0 aromatic heterocycles. The SMILES string of the molecule is Cc1cc(NC2CC(C)CCC2C(C)C)ccc1F. The van der Waals surface area contributed by atoms with Crippen molar-refractivity contribution >= 4 is 5.69 Å². The Morgan fingerprint density at radius 3 is 2.63 bits per heavy atom. The number of benzene rings is 1. The van der Waals surface area contributed by atoms with Gasteiger partial charge in [-0.2, -0.15) is 0 Å². The van der Waals surface area contributed by atoms with Crippen LogP contribution in [-0.2, 0) is 0 Å². The average Bonchev–Trinajstić information content (AvgIpc) is 2.33. The van der Waals surface area contributed by atoms with Gasteiger partial charge in [0.05, 0.1) is 0 Å². The average molecular weight is 263 g/mol. The molecule has 3 unspecified atom stereocenters. The molecule has 2 heteroatoms. The summed E-state index contributed by atoms with van der Waals surface area (Å²) in [5.41, 5.74) is 1.78. The normalized spacial score (nSPS) is 27.6. The maximum atomic E-state index is 13.3. The maximum Gasteiger partial charge on any atom is 0.126 e. The molecule has 0 aliphatic heterocycles. The van der Waals surface area contributed by atoms with Gasteiger partial charge >= 0.3 is 0 Å². The van der Waals surface area contributed by atoms with E-state index < -0.39 is 0 Å². The number of anilines is 1. The molecule has 0 radical (unpaired) electrons. The van der Waals surface area contributed by atoms with E-state index >= 15 is 0 Å². The summed E-state index contributed by atoms with van der Waals surface area (Å²) in [6.45, 7) is 8.78. The van der Waals surface area contributed by atoms with E-state index in [-0.39, 0.29) is 5.82 Å². The van der Waals surface area contributed by atoms with Gasteiger partial charge in [-0.3, -0.25) is 0 Å². The minimum absolute atomic E-state index is 0.122. The smallest absolute Gasteiger partial charge is 0.126 e. The number of hydrogen-bond acceptors (Lipinski definition) is 1. The highest BCUT2D eigenvalue weighted by molar-refractivity contribution is 5.47. The van der Waals surface area contributed by atoms with Crippen molar-refractivity contribution in [1.29, 1.82) is 0 Å². The van der Waals surface area contributed by atoms with E-state index in [0.717, 1.165) is 23.1 Å². The van der Waals surface area contributed by atoms with Crippen LogP contribution in [0.5, 0.6) is 0 Å². The van der Waals surface area contributed by atoms with Crippen molar-refractivity contribution in [3.63, 3.8) is 0 Å². The van der Waals surface area contributed by atoms with Crippen LogP contribution in [0.4, 0.5) is 10.1 Å². The molecule has 0 amide bonds. The molecule has 106 valence electrons. The zero-order chi connectivity index (χ0) is 14.0. The molecule has 1 nitrogen and oxygen atoms in total. The molecule has 0 bridgehead atoms. The van der Waals surface area contributed by atoms with Crippen molar-refractivity contribution in [2.45, 2.75) is 53.0 Å². The molecule has 1 fully saturated rings. The Balaban J connectivity index is 2.11. The van der Waals surface area contributed by atoms with Crippen LogP contribution in [0.25, 0.3) is 0 Å². The van der Waals surface area contributed by atoms with Crippen LogP contribution in [0.2, 0.25) is 0 Å². The van der Waals surface area contributed by atoms with Crippen molar-refractivity contribution in [1.82, 2.24) is 0 Å². The highest BCUT2D eigenvalue weighted by atomic mass is 19.1. The zero-order valence-electron chi connectivity index (χ0n) is 12.5. The second-order valence-electron chi connectivity index (χ2n) is 6.54. The van der Waals surface area contributed by atoms with Crippen LogP contribution in [0.15, 0.2) is 18.2 Å². The minimum Gasteiger partial charge on any atom is -0.382 e. The van der Waals surface area contributed by atoms with Gasteiger partial charge in [-0.15, -0.1) is 0 Å². The van der Waals surface area contributed by atoms with Crippen LogP contribution < -0.4 is 5.32 Å². The standard InChI is InChI=1S/C17H26FN/c1-11(2)15-7-5-12(3)9-17(15)19-14-6-8-16(18)13(4)10-14/h6,8,10-12,15,17,19H,5,7,9H2,1-4H3. The van der Waals surface area contributed by atoms with E-state index in [1.165, 1.54) is 19.3 Å². The Morgan fingerprint density at radius 1 is 1.26 bits per heavy atom. The molecule has 0 saturated heterocycles. The molecule has 1 saturated carbocycles. The predicted molar refractivity (Wildman–Crippen MR) is 79.9 cm³/mol. The van der Waals surface area contributed by atoms with Gasteiger partial charge in [0.1, 0.15) is 5.82 Å². The first kappa shape index (κ1) is 14.4. The first-order valence-corrected chi connectivity index (χ1v) is 7.50. The largest absolute Gasteiger partial charge is 0.382 e. The summed E-state index contributed by atoms with van der Waals surface area (Å²) >= 11 is 0. The van der Waals surface area contributed by atoms with Crippen molar-refractivity contribution in [3.8, 4) is 0 Å². The Bertz CT molecular complexity index is 427. The molecule has 0 heterocycles. The van der Waals surface area contributed by atoms with Gasteiger partial charge in [-0.25, -0.2) is 4.39 Å². The van der Waals surface area contributed by atoms with Gasteiger partial charge in [0, 0.05) is 11.7 Å². The lowest BCUT2D eigenvalue weighted by Crippen LogP contribution is -2.37. The van der Waals surface area contributed by atoms with Gasteiger partial charge in [0.2, 0.25) is 0 Å². The van der Waals surface area contributed by atoms with Gasteiger partial charge in [0.15, 0.2) is 0 Å². The fourth-order valence-electron chi connectivity index (χ4n) is 3.32. The van der Waals surface area contributed by atoms with Crippen molar-refractivity contribution < 1.29 is 4.39 Å².